The summed E-state index contributed by atoms with van der Waals surface area (Å²) < 4.78 is 1.42. The highest BCUT2D eigenvalue weighted by molar-refractivity contribution is 14.1. The molecule has 2 amide bonds. The Morgan fingerprint density at radius 3 is 2.79 bits per heavy atom. The molecule has 4 nitrogen and oxygen atoms in total. The minimum atomic E-state index is -0.241. The van der Waals surface area contributed by atoms with E-state index in [1.807, 2.05) is 24.3 Å². The minimum absolute atomic E-state index is 0.0278. The fourth-order valence-electron chi connectivity index (χ4n) is 1.61. The molecule has 1 fully saturated rings. The quantitative estimate of drug-likeness (QED) is 0.619. The zero-order valence-corrected chi connectivity index (χ0v) is 13.8. The first kappa shape index (κ1) is 14.7. The van der Waals surface area contributed by atoms with Crippen LogP contribution in [0.5, 0.6) is 0 Å². The van der Waals surface area contributed by atoms with E-state index in [-0.39, 0.29) is 23.6 Å². The fourth-order valence-corrected chi connectivity index (χ4v) is 3.54. The highest BCUT2D eigenvalue weighted by atomic mass is 127. The molecule has 1 unspecified atom stereocenters. The zero-order valence-electron chi connectivity index (χ0n) is 10.1. The molecule has 1 heterocycles. The van der Waals surface area contributed by atoms with Crippen LogP contribution in [-0.4, -0.2) is 32.8 Å². The number of carbonyl (C=O) groups is 2. The van der Waals surface area contributed by atoms with Crippen molar-refractivity contribution in [1.29, 1.82) is 0 Å². The molecule has 1 aromatic carbocycles. The van der Waals surface area contributed by atoms with Gasteiger partial charge in [-0.25, -0.2) is 0 Å². The van der Waals surface area contributed by atoms with Crippen LogP contribution in [0.1, 0.15) is 6.92 Å². The van der Waals surface area contributed by atoms with Crippen LogP contribution in [0.15, 0.2) is 24.3 Å². The normalized spacial score (nSPS) is 18.8. The lowest BCUT2D eigenvalue weighted by Crippen LogP contribution is -2.37. The number of nitrogens with one attached hydrogen (secondary N) is 1. The van der Waals surface area contributed by atoms with Gasteiger partial charge in [-0.15, -0.1) is 0 Å². The molecule has 0 spiro atoms. The number of hydrogen-bond acceptors (Lipinski definition) is 4. The molecule has 0 bridgehead atoms. The van der Waals surface area contributed by atoms with Crippen LogP contribution < -0.4 is 5.32 Å². The highest BCUT2D eigenvalue weighted by Crippen LogP contribution is 2.26. The van der Waals surface area contributed by atoms with Gasteiger partial charge in [0.1, 0.15) is 10.9 Å². The van der Waals surface area contributed by atoms with Crippen LogP contribution in [0.2, 0.25) is 0 Å². The molecule has 100 valence electrons. The Morgan fingerprint density at radius 2 is 2.21 bits per heavy atom. The average Bonchev–Trinajstić information content (AvgIpc) is 2.59. The summed E-state index contributed by atoms with van der Waals surface area (Å²) in [5.41, 5.74) is 0.742. The van der Waals surface area contributed by atoms with Gasteiger partial charge in [-0.05, 0) is 41.6 Å². The maximum atomic E-state index is 11.9. The van der Waals surface area contributed by atoms with Crippen molar-refractivity contribution in [3.05, 3.63) is 27.8 Å². The van der Waals surface area contributed by atoms with Gasteiger partial charge < -0.3 is 5.32 Å². The molecule has 0 aromatic heterocycles. The Kier molecular flexibility index (Phi) is 4.80. The summed E-state index contributed by atoms with van der Waals surface area (Å²) in [5, 5.41) is 2.59. The van der Waals surface area contributed by atoms with Gasteiger partial charge >= 0.3 is 0 Å². The van der Waals surface area contributed by atoms with Crippen molar-refractivity contribution in [1.82, 2.24) is 4.90 Å². The number of anilines is 1. The summed E-state index contributed by atoms with van der Waals surface area (Å²) in [6.07, 6.45) is 0. The summed E-state index contributed by atoms with van der Waals surface area (Å²) in [7, 11) is 0. The predicted molar refractivity (Wildman–Crippen MR) is 89.2 cm³/mol. The molecule has 1 aliphatic rings. The van der Waals surface area contributed by atoms with Crippen LogP contribution in [0.4, 0.5) is 5.69 Å². The third-order valence-electron chi connectivity index (χ3n) is 2.56. The van der Waals surface area contributed by atoms with Crippen molar-refractivity contribution >= 4 is 68.4 Å². The third kappa shape index (κ3) is 3.46. The van der Waals surface area contributed by atoms with E-state index in [9.17, 15) is 9.59 Å². The van der Waals surface area contributed by atoms with E-state index in [0.29, 0.717) is 4.32 Å². The Morgan fingerprint density at radius 1 is 1.53 bits per heavy atom. The van der Waals surface area contributed by atoms with Crippen molar-refractivity contribution in [2.75, 3.05) is 11.9 Å². The van der Waals surface area contributed by atoms with Gasteiger partial charge in [0.15, 0.2) is 0 Å². The van der Waals surface area contributed by atoms with E-state index in [4.69, 9.17) is 12.2 Å². The monoisotopic (exact) mass is 406 g/mol. The molecule has 0 radical (unpaired) electrons. The van der Waals surface area contributed by atoms with Crippen molar-refractivity contribution in [2.24, 2.45) is 0 Å². The molecule has 19 heavy (non-hydrogen) atoms. The molecular weight excluding hydrogens is 395 g/mol. The number of benzene rings is 1. The smallest absolute Gasteiger partial charge is 0.244 e. The van der Waals surface area contributed by atoms with E-state index in [2.05, 4.69) is 27.9 Å². The fraction of sp³-hybridized carbons (Fsp3) is 0.250. The number of rotatable bonds is 3. The highest BCUT2D eigenvalue weighted by Gasteiger charge is 2.34. The SMILES string of the molecule is CC1SC(=S)N(CC(=O)Nc2ccccc2I)C1=O. The van der Waals surface area contributed by atoms with Gasteiger partial charge in [0.2, 0.25) is 11.8 Å². The molecule has 1 saturated heterocycles. The number of amides is 2. The van der Waals surface area contributed by atoms with Crippen molar-refractivity contribution in [3.63, 3.8) is 0 Å². The average molecular weight is 406 g/mol. The number of nitrogens with zero attached hydrogens (tertiary/aromatic N) is 1. The van der Waals surface area contributed by atoms with Gasteiger partial charge in [-0.1, -0.05) is 36.1 Å². The molecule has 1 aromatic rings. The van der Waals surface area contributed by atoms with Gasteiger partial charge in [0.25, 0.3) is 0 Å². The molecule has 1 N–H and O–H groups in total. The molecule has 7 heteroatoms. The van der Waals surface area contributed by atoms with Crippen LogP contribution in [-0.2, 0) is 9.59 Å². The second kappa shape index (κ2) is 6.19. The van der Waals surface area contributed by atoms with Crippen LogP contribution >= 0.6 is 46.6 Å². The third-order valence-corrected chi connectivity index (χ3v) is 4.99. The van der Waals surface area contributed by atoms with E-state index in [1.54, 1.807) is 6.92 Å². The largest absolute Gasteiger partial charge is 0.324 e. The number of thioether (sulfide) groups is 1. The first-order valence-corrected chi connectivity index (χ1v) is 7.92. The first-order chi connectivity index (χ1) is 8.99. The molecular formula is C12H11IN2O2S2. The van der Waals surface area contributed by atoms with E-state index < -0.39 is 0 Å². The van der Waals surface area contributed by atoms with Crippen molar-refractivity contribution < 1.29 is 9.59 Å². The number of para-hydroxylation sites is 1. The van der Waals surface area contributed by atoms with Crippen molar-refractivity contribution in [2.45, 2.75) is 12.2 Å². The molecule has 2 rings (SSSR count). The number of hydrogen-bond donors (Lipinski definition) is 1. The van der Waals surface area contributed by atoms with Gasteiger partial charge in [0.05, 0.1) is 10.9 Å². The lowest BCUT2D eigenvalue weighted by atomic mass is 10.3. The van der Waals surface area contributed by atoms with Gasteiger partial charge in [-0.2, -0.15) is 0 Å². The summed E-state index contributed by atoms with van der Waals surface area (Å²) in [5.74, 6) is -0.345. The van der Waals surface area contributed by atoms with Gasteiger partial charge in [0, 0.05) is 3.57 Å². The second-order valence-electron chi connectivity index (χ2n) is 3.98. The molecule has 0 saturated carbocycles. The standard InChI is InChI=1S/C12H11IN2O2S2/c1-7-11(17)15(12(18)19-7)6-10(16)14-9-5-3-2-4-8(9)13/h2-5,7H,6H2,1H3,(H,14,16). The Bertz CT molecular complexity index is 550. The lowest BCUT2D eigenvalue weighted by molar-refractivity contribution is -0.129. The molecule has 1 atom stereocenters. The summed E-state index contributed by atoms with van der Waals surface area (Å²) in [6.45, 7) is 1.76. The Hall–Kier alpha value is -0.670. The predicted octanol–water partition coefficient (Wildman–Crippen LogP) is 2.48. The van der Waals surface area contributed by atoms with Crippen LogP contribution in [0.3, 0.4) is 0 Å². The summed E-state index contributed by atoms with van der Waals surface area (Å²) in [6, 6.07) is 7.47. The maximum absolute atomic E-state index is 11.9. The first-order valence-electron chi connectivity index (χ1n) is 5.55. The lowest BCUT2D eigenvalue weighted by Gasteiger charge is -2.15. The summed E-state index contributed by atoms with van der Waals surface area (Å²) >= 11 is 8.55. The van der Waals surface area contributed by atoms with E-state index >= 15 is 0 Å². The molecule has 0 aliphatic carbocycles. The number of thiocarbonyl (C=S) groups is 1. The van der Waals surface area contributed by atoms with Crippen molar-refractivity contribution in [3.8, 4) is 0 Å². The zero-order chi connectivity index (χ0) is 14.0. The topological polar surface area (TPSA) is 49.4 Å². The summed E-state index contributed by atoms with van der Waals surface area (Å²) in [4.78, 5) is 25.1. The Balaban J connectivity index is 2.01. The number of halogens is 1. The van der Waals surface area contributed by atoms with Gasteiger partial charge in [-0.3, -0.25) is 14.5 Å². The molecule has 1 aliphatic heterocycles. The van der Waals surface area contributed by atoms with Crippen LogP contribution in [0, 0.1) is 3.57 Å². The number of carbonyl (C=O) groups excluding carboxylic acids is 2. The van der Waals surface area contributed by atoms with E-state index in [1.165, 1.54) is 16.7 Å². The maximum Gasteiger partial charge on any atom is 0.244 e. The Labute approximate surface area is 134 Å². The van der Waals surface area contributed by atoms with E-state index in [0.717, 1.165) is 9.26 Å². The van der Waals surface area contributed by atoms with Crippen LogP contribution in [0.25, 0.3) is 0 Å². The second-order valence-corrected chi connectivity index (χ2v) is 7.12. The minimum Gasteiger partial charge on any atom is -0.324 e.